The number of hydrogen-bond donors (Lipinski definition) is 1. The Morgan fingerprint density at radius 3 is 2.53 bits per heavy atom. The SMILES string of the molecule is COc1ccc2c(c1)C=CC21CCN(S(=O)(=O)C[C@]23CCC(C[C@@H]2O)C3(C)C)CC1. The lowest BCUT2D eigenvalue weighted by Crippen LogP contribution is -2.51. The molecule has 0 amide bonds. The number of aliphatic hydroxyl groups excluding tert-OH is 1. The number of sulfonamides is 1. The standard InChI is InChI=1S/C24H33NO4S/c1-22(2)18-7-9-24(22,21(26)15-18)16-30(27,28)25-12-10-23(11-13-25)8-6-17-14-19(29-3)4-5-20(17)23/h4-6,8,14,18,21,26H,7,9-13,15-16H2,1-3H3/t18?,21-,24+/m0/s1. The lowest BCUT2D eigenvalue weighted by atomic mass is 9.70. The summed E-state index contributed by atoms with van der Waals surface area (Å²) in [6, 6.07) is 6.19. The molecular formula is C24H33NO4S. The fourth-order valence-corrected chi connectivity index (χ4v) is 9.27. The van der Waals surface area contributed by atoms with Crippen molar-refractivity contribution in [2.75, 3.05) is 26.0 Å². The highest BCUT2D eigenvalue weighted by atomic mass is 32.2. The van der Waals surface area contributed by atoms with Gasteiger partial charge in [0.15, 0.2) is 0 Å². The molecule has 1 heterocycles. The molecule has 3 aliphatic carbocycles. The van der Waals surface area contributed by atoms with Crippen molar-refractivity contribution >= 4 is 16.1 Å². The Hall–Kier alpha value is -1.37. The van der Waals surface area contributed by atoms with Gasteiger partial charge in [-0.1, -0.05) is 32.1 Å². The minimum Gasteiger partial charge on any atom is -0.497 e. The molecule has 6 heteroatoms. The fourth-order valence-electron chi connectivity index (χ4n) is 6.99. The Bertz CT molecular complexity index is 990. The number of rotatable bonds is 4. The first kappa shape index (κ1) is 20.5. The third-order valence-electron chi connectivity index (χ3n) is 9.21. The predicted molar refractivity (Wildman–Crippen MR) is 118 cm³/mol. The molecule has 4 aliphatic rings. The second-order valence-corrected chi connectivity index (χ2v) is 12.4. The van der Waals surface area contributed by atoms with E-state index < -0.39 is 21.5 Å². The van der Waals surface area contributed by atoms with Crippen LogP contribution in [0.25, 0.3) is 6.08 Å². The first-order valence-electron chi connectivity index (χ1n) is 11.2. The lowest BCUT2D eigenvalue weighted by molar-refractivity contribution is 0.0143. The lowest BCUT2D eigenvalue weighted by Gasteiger charge is -2.43. The van der Waals surface area contributed by atoms with Crippen LogP contribution in [0.2, 0.25) is 0 Å². The maximum absolute atomic E-state index is 13.5. The van der Waals surface area contributed by atoms with Crippen LogP contribution in [0.5, 0.6) is 5.75 Å². The Labute approximate surface area is 180 Å². The summed E-state index contributed by atoms with van der Waals surface area (Å²) in [6.07, 6.45) is 8.09. The van der Waals surface area contributed by atoms with Crippen LogP contribution in [0.3, 0.4) is 0 Å². The largest absolute Gasteiger partial charge is 0.497 e. The van der Waals surface area contributed by atoms with E-state index in [2.05, 4.69) is 38.1 Å². The van der Waals surface area contributed by atoms with Gasteiger partial charge in [-0.25, -0.2) is 12.7 Å². The molecule has 5 nitrogen and oxygen atoms in total. The van der Waals surface area contributed by atoms with Gasteiger partial charge in [0.05, 0.1) is 19.0 Å². The summed E-state index contributed by atoms with van der Waals surface area (Å²) in [5, 5.41) is 10.8. The van der Waals surface area contributed by atoms with Crippen LogP contribution in [0, 0.1) is 16.7 Å². The van der Waals surface area contributed by atoms with E-state index in [1.165, 1.54) is 11.1 Å². The van der Waals surface area contributed by atoms with Crippen LogP contribution >= 0.6 is 0 Å². The molecule has 2 saturated carbocycles. The van der Waals surface area contributed by atoms with E-state index in [1.54, 1.807) is 11.4 Å². The summed E-state index contributed by atoms with van der Waals surface area (Å²) in [7, 11) is -1.74. The van der Waals surface area contributed by atoms with Gasteiger partial charge in [0.2, 0.25) is 10.0 Å². The zero-order valence-corrected chi connectivity index (χ0v) is 19.0. The van der Waals surface area contributed by atoms with Crippen LogP contribution < -0.4 is 4.74 Å². The van der Waals surface area contributed by atoms with E-state index in [0.717, 1.165) is 37.9 Å². The van der Waals surface area contributed by atoms with Crippen LogP contribution in [-0.4, -0.2) is 49.9 Å². The number of hydrogen-bond acceptors (Lipinski definition) is 4. The number of piperidine rings is 1. The molecule has 30 heavy (non-hydrogen) atoms. The first-order chi connectivity index (χ1) is 14.1. The van der Waals surface area contributed by atoms with E-state index in [9.17, 15) is 13.5 Å². The second-order valence-electron chi connectivity index (χ2n) is 10.5. The van der Waals surface area contributed by atoms with Gasteiger partial charge in [0.1, 0.15) is 5.75 Å². The molecule has 1 saturated heterocycles. The molecular weight excluding hydrogens is 398 g/mol. The fraction of sp³-hybridized carbons (Fsp3) is 0.667. The molecule has 1 unspecified atom stereocenters. The summed E-state index contributed by atoms with van der Waals surface area (Å²) < 4.78 is 34.0. The van der Waals surface area contributed by atoms with E-state index in [1.807, 2.05) is 6.07 Å². The number of ether oxygens (including phenoxy) is 1. The highest BCUT2D eigenvalue weighted by Gasteiger charge is 2.65. The molecule has 0 aromatic heterocycles. The van der Waals surface area contributed by atoms with Gasteiger partial charge in [-0.05, 0) is 66.7 Å². The molecule has 164 valence electrons. The van der Waals surface area contributed by atoms with E-state index >= 15 is 0 Å². The van der Waals surface area contributed by atoms with Gasteiger partial charge < -0.3 is 9.84 Å². The van der Waals surface area contributed by atoms with E-state index in [4.69, 9.17) is 4.74 Å². The first-order valence-corrected chi connectivity index (χ1v) is 12.8. The Morgan fingerprint density at radius 2 is 1.93 bits per heavy atom. The van der Waals surface area contributed by atoms with Crippen LogP contribution in [0.15, 0.2) is 24.3 Å². The van der Waals surface area contributed by atoms with Crippen LogP contribution in [-0.2, 0) is 15.4 Å². The van der Waals surface area contributed by atoms with Gasteiger partial charge in [0, 0.05) is 23.9 Å². The minimum absolute atomic E-state index is 0.0729. The van der Waals surface area contributed by atoms with Gasteiger partial charge in [-0.2, -0.15) is 0 Å². The number of allylic oxidation sites excluding steroid dienone is 1. The predicted octanol–water partition coefficient (Wildman–Crippen LogP) is 3.57. The third-order valence-corrected chi connectivity index (χ3v) is 11.2. The topological polar surface area (TPSA) is 66.8 Å². The molecule has 0 radical (unpaired) electrons. The van der Waals surface area contributed by atoms with Crippen molar-refractivity contribution in [3.8, 4) is 5.75 Å². The smallest absolute Gasteiger partial charge is 0.214 e. The molecule has 1 aromatic carbocycles. The number of aliphatic hydroxyl groups is 1. The van der Waals surface area contributed by atoms with Crippen molar-refractivity contribution in [2.45, 2.75) is 57.5 Å². The average molecular weight is 432 g/mol. The zero-order chi connectivity index (χ0) is 21.4. The molecule has 1 N–H and O–H groups in total. The van der Waals surface area contributed by atoms with Crippen molar-refractivity contribution in [2.24, 2.45) is 16.7 Å². The molecule has 2 bridgehead atoms. The number of methoxy groups -OCH3 is 1. The molecule has 1 spiro atoms. The third kappa shape index (κ3) is 2.69. The van der Waals surface area contributed by atoms with Gasteiger partial charge in [-0.15, -0.1) is 0 Å². The van der Waals surface area contributed by atoms with Gasteiger partial charge in [-0.3, -0.25) is 0 Å². The molecule has 3 atom stereocenters. The monoisotopic (exact) mass is 431 g/mol. The Morgan fingerprint density at radius 1 is 1.20 bits per heavy atom. The summed E-state index contributed by atoms with van der Waals surface area (Å²) >= 11 is 0. The molecule has 5 rings (SSSR count). The Kier molecular flexibility index (Phi) is 4.49. The summed E-state index contributed by atoms with van der Waals surface area (Å²) in [6.45, 7) is 5.40. The summed E-state index contributed by atoms with van der Waals surface area (Å²) in [5.41, 5.74) is 1.77. The number of benzene rings is 1. The normalized spacial score (nSPS) is 33.9. The number of nitrogens with zero attached hydrogens (tertiary/aromatic N) is 1. The molecule has 1 aromatic rings. The van der Waals surface area contributed by atoms with Crippen molar-refractivity contribution in [1.29, 1.82) is 0 Å². The highest BCUT2D eigenvalue weighted by Crippen LogP contribution is 2.66. The summed E-state index contributed by atoms with van der Waals surface area (Å²) in [5.74, 6) is 1.37. The van der Waals surface area contributed by atoms with Crippen molar-refractivity contribution in [3.63, 3.8) is 0 Å². The summed E-state index contributed by atoms with van der Waals surface area (Å²) in [4.78, 5) is 0. The second kappa shape index (κ2) is 6.57. The average Bonchev–Trinajstić information content (AvgIpc) is 3.24. The molecule has 3 fully saturated rings. The minimum atomic E-state index is -3.42. The van der Waals surface area contributed by atoms with Crippen LogP contribution in [0.1, 0.15) is 57.1 Å². The van der Waals surface area contributed by atoms with Gasteiger partial charge >= 0.3 is 0 Å². The zero-order valence-electron chi connectivity index (χ0n) is 18.2. The maximum atomic E-state index is 13.5. The Balaban J connectivity index is 1.34. The van der Waals surface area contributed by atoms with Crippen molar-refractivity contribution in [1.82, 2.24) is 4.31 Å². The van der Waals surface area contributed by atoms with Crippen molar-refractivity contribution in [3.05, 3.63) is 35.4 Å². The van der Waals surface area contributed by atoms with Gasteiger partial charge in [0.25, 0.3) is 0 Å². The maximum Gasteiger partial charge on any atom is 0.214 e. The van der Waals surface area contributed by atoms with Crippen molar-refractivity contribution < 1.29 is 18.3 Å². The van der Waals surface area contributed by atoms with E-state index in [-0.39, 0.29) is 16.6 Å². The quantitative estimate of drug-likeness (QED) is 0.791. The number of fused-ring (bicyclic) bond motifs is 4. The molecule has 1 aliphatic heterocycles. The van der Waals surface area contributed by atoms with E-state index in [0.29, 0.717) is 19.0 Å². The highest BCUT2D eigenvalue weighted by molar-refractivity contribution is 7.89. The van der Waals surface area contributed by atoms with Crippen LogP contribution in [0.4, 0.5) is 0 Å².